The van der Waals surface area contributed by atoms with Gasteiger partial charge in [0.25, 0.3) is 5.69 Å². The normalized spacial score (nSPS) is 9.80. The molecule has 9 nitrogen and oxygen atoms in total. The Labute approximate surface area is 141 Å². The van der Waals surface area contributed by atoms with Crippen LogP contribution in [0, 0.1) is 10.1 Å². The third-order valence-corrected chi connectivity index (χ3v) is 3.10. The minimum absolute atomic E-state index is 0.0847. The number of benzene rings is 2. The van der Waals surface area contributed by atoms with E-state index in [-0.39, 0.29) is 22.6 Å². The summed E-state index contributed by atoms with van der Waals surface area (Å²) in [5, 5.41) is 15.3. The minimum Gasteiger partial charge on any atom is -0.465 e. The highest BCUT2D eigenvalue weighted by Crippen LogP contribution is 2.18. The zero-order valence-electron chi connectivity index (χ0n) is 13.0. The third-order valence-electron chi connectivity index (χ3n) is 3.10. The zero-order valence-corrected chi connectivity index (χ0v) is 13.0. The Bertz CT molecular complexity index is 849. The van der Waals surface area contributed by atoms with Crippen LogP contribution in [0.25, 0.3) is 0 Å². The molecule has 0 atom stereocenters. The van der Waals surface area contributed by atoms with Crippen molar-refractivity contribution < 1.29 is 24.0 Å². The lowest BCUT2D eigenvalue weighted by Gasteiger charge is -2.09. The Morgan fingerprint density at radius 2 is 1.68 bits per heavy atom. The summed E-state index contributed by atoms with van der Waals surface area (Å²) >= 11 is 0. The number of ether oxygens (including phenoxy) is 1. The van der Waals surface area contributed by atoms with E-state index in [1.165, 1.54) is 37.4 Å². The van der Waals surface area contributed by atoms with Gasteiger partial charge in [-0.2, -0.15) is 0 Å². The number of carbonyl (C=O) groups excluding carboxylic acids is 3. The van der Waals surface area contributed by atoms with Crippen molar-refractivity contribution in [2.45, 2.75) is 0 Å². The first-order valence-electron chi connectivity index (χ1n) is 6.96. The van der Waals surface area contributed by atoms with Crippen LogP contribution in [-0.4, -0.2) is 29.8 Å². The Morgan fingerprint density at radius 3 is 2.36 bits per heavy atom. The van der Waals surface area contributed by atoms with E-state index in [9.17, 15) is 24.5 Å². The number of esters is 1. The van der Waals surface area contributed by atoms with Crippen LogP contribution in [0.15, 0.2) is 48.5 Å². The first kappa shape index (κ1) is 17.6. The fraction of sp³-hybridized carbons (Fsp3) is 0.0625. The second-order valence-corrected chi connectivity index (χ2v) is 4.75. The molecule has 0 saturated heterocycles. The number of carbonyl (C=O) groups is 3. The van der Waals surface area contributed by atoms with Crippen molar-refractivity contribution in [3.8, 4) is 0 Å². The van der Waals surface area contributed by atoms with Crippen LogP contribution in [0.3, 0.4) is 0 Å². The number of para-hydroxylation sites is 1. The fourth-order valence-corrected chi connectivity index (χ4v) is 1.94. The maximum atomic E-state index is 12.0. The molecule has 0 fully saturated rings. The summed E-state index contributed by atoms with van der Waals surface area (Å²) in [7, 11) is 1.19. The molecule has 0 saturated carbocycles. The molecule has 25 heavy (non-hydrogen) atoms. The topological polar surface area (TPSA) is 128 Å². The van der Waals surface area contributed by atoms with Gasteiger partial charge in [0.15, 0.2) is 0 Å². The summed E-state index contributed by atoms with van der Waals surface area (Å²) in [4.78, 5) is 45.7. The van der Waals surface area contributed by atoms with Gasteiger partial charge >= 0.3 is 17.8 Å². The molecule has 9 heteroatoms. The van der Waals surface area contributed by atoms with E-state index >= 15 is 0 Å². The lowest BCUT2D eigenvalue weighted by atomic mass is 10.2. The SMILES string of the molecule is COC(=O)c1ccccc1NC(=O)C(=O)Nc1cccc([N+](=O)[O-])c1. The molecule has 128 valence electrons. The average Bonchev–Trinajstić information content (AvgIpc) is 2.61. The number of amides is 2. The van der Waals surface area contributed by atoms with Crippen molar-refractivity contribution in [2.24, 2.45) is 0 Å². The number of rotatable bonds is 4. The average molecular weight is 343 g/mol. The van der Waals surface area contributed by atoms with Crippen LogP contribution >= 0.6 is 0 Å². The molecule has 2 amide bonds. The smallest absolute Gasteiger partial charge is 0.339 e. The van der Waals surface area contributed by atoms with Crippen molar-refractivity contribution in [2.75, 3.05) is 17.7 Å². The highest BCUT2D eigenvalue weighted by molar-refractivity contribution is 6.44. The second-order valence-electron chi connectivity index (χ2n) is 4.75. The lowest BCUT2D eigenvalue weighted by Crippen LogP contribution is -2.29. The quantitative estimate of drug-likeness (QED) is 0.378. The van der Waals surface area contributed by atoms with E-state index in [2.05, 4.69) is 15.4 Å². The van der Waals surface area contributed by atoms with Gasteiger partial charge < -0.3 is 15.4 Å². The van der Waals surface area contributed by atoms with E-state index < -0.39 is 22.7 Å². The number of nitrogens with one attached hydrogen (secondary N) is 2. The number of methoxy groups -OCH3 is 1. The number of hydrogen-bond acceptors (Lipinski definition) is 6. The number of nitro groups is 1. The number of nitro benzene ring substituents is 1. The molecule has 0 spiro atoms. The Balaban J connectivity index is 2.11. The summed E-state index contributed by atoms with van der Waals surface area (Å²) in [6.45, 7) is 0. The van der Waals surface area contributed by atoms with Gasteiger partial charge in [0.05, 0.1) is 23.3 Å². The van der Waals surface area contributed by atoms with E-state index in [0.29, 0.717) is 0 Å². The van der Waals surface area contributed by atoms with Crippen LogP contribution in [0.4, 0.5) is 17.1 Å². The zero-order chi connectivity index (χ0) is 18.4. The summed E-state index contributed by atoms with van der Waals surface area (Å²) in [6, 6.07) is 11.2. The molecule has 0 unspecified atom stereocenters. The molecule has 2 N–H and O–H groups in total. The predicted octanol–water partition coefficient (Wildman–Crippen LogP) is 1.96. The molecule has 0 radical (unpaired) electrons. The van der Waals surface area contributed by atoms with Gasteiger partial charge in [-0.3, -0.25) is 19.7 Å². The Morgan fingerprint density at radius 1 is 1.00 bits per heavy atom. The van der Waals surface area contributed by atoms with Gasteiger partial charge in [-0.1, -0.05) is 18.2 Å². The van der Waals surface area contributed by atoms with Gasteiger partial charge in [-0.25, -0.2) is 4.79 Å². The number of hydrogen-bond donors (Lipinski definition) is 2. The summed E-state index contributed by atoms with van der Waals surface area (Å²) in [5.74, 6) is -2.75. The van der Waals surface area contributed by atoms with Crippen LogP contribution in [0.1, 0.15) is 10.4 Å². The molecule has 0 aromatic heterocycles. The molecule has 0 aliphatic heterocycles. The van der Waals surface area contributed by atoms with Crippen molar-refractivity contribution in [3.05, 3.63) is 64.2 Å². The maximum Gasteiger partial charge on any atom is 0.339 e. The fourth-order valence-electron chi connectivity index (χ4n) is 1.94. The van der Waals surface area contributed by atoms with Gasteiger partial charge in [0.2, 0.25) is 0 Å². The molecule has 2 rings (SSSR count). The predicted molar refractivity (Wildman–Crippen MR) is 88.1 cm³/mol. The molecular weight excluding hydrogens is 330 g/mol. The number of anilines is 2. The molecular formula is C16H13N3O6. The monoisotopic (exact) mass is 343 g/mol. The van der Waals surface area contributed by atoms with E-state index in [1.54, 1.807) is 12.1 Å². The minimum atomic E-state index is -1.04. The van der Waals surface area contributed by atoms with E-state index in [4.69, 9.17) is 0 Å². The van der Waals surface area contributed by atoms with Gasteiger partial charge in [-0.15, -0.1) is 0 Å². The van der Waals surface area contributed by atoms with Gasteiger partial charge in [0, 0.05) is 17.8 Å². The first-order valence-corrected chi connectivity index (χ1v) is 6.96. The Hall–Kier alpha value is -3.75. The van der Waals surface area contributed by atoms with Gasteiger partial charge in [0.1, 0.15) is 0 Å². The largest absolute Gasteiger partial charge is 0.465 e. The van der Waals surface area contributed by atoms with Crippen LogP contribution in [-0.2, 0) is 14.3 Å². The molecule has 0 aliphatic rings. The molecule has 0 heterocycles. The van der Waals surface area contributed by atoms with Crippen molar-refractivity contribution in [3.63, 3.8) is 0 Å². The second kappa shape index (κ2) is 7.68. The van der Waals surface area contributed by atoms with Crippen LogP contribution in [0.5, 0.6) is 0 Å². The summed E-state index contributed by atoms with van der Waals surface area (Å²) in [6.07, 6.45) is 0. The third kappa shape index (κ3) is 4.38. The highest BCUT2D eigenvalue weighted by Gasteiger charge is 2.19. The summed E-state index contributed by atoms with van der Waals surface area (Å²) in [5.41, 5.74) is 0.0555. The maximum absolute atomic E-state index is 12.0. The molecule has 2 aromatic rings. The highest BCUT2D eigenvalue weighted by atomic mass is 16.6. The summed E-state index contributed by atoms with van der Waals surface area (Å²) < 4.78 is 4.60. The van der Waals surface area contributed by atoms with Crippen molar-refractivity contribution in [1.29, 1.82) is 0 Å². The molecule has 0 aliphatic carbocycles. The first-order chi connectivity index (χ1) is 11.9. The van der Waals surface area contributed by atoms with Crippen molar-refractivity contribution >= 4 is 34.8 Å². The lowest BCUT2D eigenvalue weighted by molar-refractivity contribution is -0.384. The Kier molecular flexibility index (Phi) is 5.41. The van der Waals surface area contributed by atoms with Gasteiger partial charge in [-0.05, 0) is 18.2 Å². The van der Waals surface area contributed by atoms with Crippen molar-refractivity contribution in [1.82, 2.24) is 0 Å². The van der Waals surface area contributed by atoms with E-state index in [1.807, 2.05) is 0 Å². The number of nitrogens with zero attached hydrogens (tertiary/aromatic N) is 1. The molecule has 2 aromatic carbocycles. The van der Waals surface area contributed by atoms with Crippen LogP contribution < -0.4 is 10.6 Å². The van der Waals surface area contributed by atoms with Crippen LogP contribution in [0.2, 0.25) is 0 Å². The molecule has 0 bridgehead atoms. The van der Waals surface area contributed by atoms with E-state index in [0.717, 1.165) is 6.07 Å². The number of non-ortho nitro benzene ring substituents is 1. The standard InChI is InChI=1S/C16H13N3O6/c1-25-16(22)12-7-2-3-8-13(12)18-15(21)14(20)17-10-5-4-6-11(9-10)19(23)24/h2-9H,1H3,(H,17,20)(H,18,21).